The van der Waals surface area contributed by atoms with Gasteiger partial charge in [-0.3, -0.25) is 43.5 Å². The van der Waals surface area contributed by atoms with Crippen molar-refractivity contribution in [1.82, 2.24) is 14.7 Å². The van der Waals surface area contributed by atoms with Crippen molar-refractivity contribution in [1.29, 1.82) is 0 Å². The van der Waals surface area contributed by atoms with E-state index in [9.17, 15) is 4.79 Å². The predicted molar refractivity (Wildman–Crippen MR) is 610 cm³/mol. The van der Waals surface area contributed by atoms with Crippen molar-refractivity contribution >= 4 is 193 Å². The first kappa shape index (κ1) is 107. The van der Waals surface area contributed by atoms with Crippen molar-refractivity contribution in [2.45, 2.75) is 441 Å². The first-order chi connectivity index (χ1) is 66.8. The Balaban J connectivity index is 0.903. The van der Waals surface area contributed by atoms with Crippen LogP contribution in [0.15, 0.2) is 36.4 Å². The van der Waals surface area contributed by atoms with Gasteiger partial charge in [0.15, 0.2) is 0 Å². The largest absolute Gasteiger partial charge is 0.274 e. The molecule has 9 aromatic rings. The third kappa shape index (κ3) is 22.1. The van der Waals surface area contributed by atoms with Gasteiger partial charge in [-0.25, -0.2) is 0 Å². The normalized spacial score (nSPS) is 17.3. The van der Waals surface area contributed by atoms with Gasteiger partial charge in [-0.05, 0) is 155 Å². The van der Waals surface area contributed by atoms with Crippen LogP contribution in [0.4, 0.5) is 0 Å². The topological polar surface area (TPSA) is 112 Å². The number of rotatable bonds is 65. The number of hydrogen-bond acceptors (Lipinski definition) is 15. The van der Waals surface area contributed by atoms with Crippen LogP contribution >= 0.6 is 102 Å². The maximum atomic E-state index is 16.4. The van der Waals surface area contributed by atoms with E-state index < -0.39 is 24.2 Å². The zero-order valence-electron chi connectivity index (χ0n) is 86.5. The Hall–Kier alpha value is -4.63. The van der Waals surface area contributed by atoms with Crippen molar-refractivity contribution in [3.05, 3.63) is 79.5 Å². The van der Waals surface area contributed by atoms with Gasteiger partial charge in [0.2, 0.25) is 0 Å². The van der Waals surface area contributed by atoms with Crippen molar-refractivity contribution in [3.63, 3.8) is 0 Å². The van der Waals surface area contributed by atoms with Crippen molar-refractivity contribution in [2.75, 3.05) is 19.6 Å². The molecule has 0 saturated carbocycles. The molecule has 15 heterocycles. The van der Waals surface area contributed by atoms with Gasteiger partial charge in [0.1, 0.15) is 24.2 Å². The Morgan fingerprint density at radius 3 is 0.752 bits per heavy atom. The van der Waals surface area contributed by atoms with Crippen LogP contribution < -0.4 is 31.1 Å². The number of fused-ring (bicyclic) bond motifs is 12. The molecule has 0 aliphatic carbocycles. The van der Waals surface area contributed by atoms with E-state index in [-0.39, 0.29) is 35.4 Å². The second kappa shape index (κ2) is 50.0. The van der Waals surface area contributed by atoms with Gasteiger partial charge in [0.05, 0.1) is 57.8 Å². The highest BCUT2D eigenvalue weighted by molar-refractivity contribution is 7.37. The first-order valence-electron chi connectivity index (χ1n) is 55.7. The Labute approximate surface area is 864 Å². The fourth-order valence-corrected chi connectivity index (χ4v) is 58.6. The summed E-state index contributed by atoms with van der Waals surface area (Å²) in [5, 5.41) is 9.40. The van der Waals surface area contributed by atoms with E-state index in [0.29, 0.717) is 70.8 Å². The second-order valence-corrected chi connectivity index (χ2v) is 64.6. The Morgan fingerprint density at radius 1 is 0.226 bits per heavy atom. The third-order valence-corrected chi connectivity index (χ3v) is 61.3. The minimum atomic E-state index is -2.74. The molecule has 0 N–H and O–H groups in total. The van der Waals surface area contributed by atoms with Crippen molar-refractivity contribution in [2.24, 2.45) is 17.8 Å². The highest BCUT2D eigenvalue weighted by Gasteiger charge is 2.56. The lowest BCUT2D eigenvalue weighted by Gasteiger charge is -2.35. The molecule has 746 valence electrons. The maximum Gasteiger partial charge on any atom is 0.263 e. The molecule has 21 heteroatoms. The average Bonchev–Trinajstić information content (AvgIpc) is 1.52. The Bertz CT molecular complexity index is 5580. The van der Waals surface area contributed by atoms with Gasteiger partial charge < -0.3 is 0 Å². The number of imide groups is 3. The first-order valence-corrected chi connectivity index (χ1v) is 70.3. The molecule has 4 atom stereocenters. The van der Waals surface area contributed by atoms with Crippen molar-refractivity contribution < 1.29 is 28.8 Å². The van der Waals surface area contributed by atoms with E-state index in [0.717, 1.165) is 182 Å². The van der Waals surface area contributed by atoms with Crippen LogP contribution in [0, 0.1) is 31.6 Å². The van der Waals surface area contributed by atoms with Gasteiger partial charge in [0, 0.05) is 83.0 Å². The second-order valence-electron chi connectivity index (χ2n) is 42.4. The maximum absolute atomic E-state index is 16.4. The molecular weight excluding hydrogens is 1900 g/mol. The van der Waals surface area contributed by atoms with Crippen LogP contribution in [-0.2, 0) is 0 Å². The number of unbranched alkanes of at least 4 members (excludes halogenated alkanes) is 33. The van der Waals surface area contributed by atoms with E-state index >= 15 is 24.0 Å². The van der Waals surface area contributed by atoms with E-state index in [1.165, 1.54) is 271 Å². The fraction of sp³-hybridized carbons (Fsp3) is 0.638. The van der Waals surface area contributed by atoms with Gasteiger partial charge in [-0.2, -0.15) is 0 Å². The highest BCUT2D eigenvalue weighted by Crippen LogP contribution is 2.59. The van der Waals surface area contributed by atoms with Crippen molar-refractivity contribution in [3.8, 4) is 78.0 Å². The predicted octanol–water partition coefficient (Wildman–Crippen LogP) is 35.4. The summed E-state index contributed by atoms with van der Waals surface area (Å²) in [4.78, 5) is 121. The summed E-state index contributed by atoms with van der Waals surface area (Å²) >= 11 is 16.6. The Morgan fingerprint density at radius 2 is 0.453 bits per heavy atom. The minimum absolute atomic E-state index is 0.0984. The SMILES string of the molecule is CCCCCCCCN1C(=O)c2c(C)sc(-c3cc4c(s3)-c3sc(-c5sc(-c6cc7c(s6)-c6sc(-c8sc(-c9cc%10c(s9)-c9sc(C)cc9[Si]%10(CCCCCCCC)CC(CC)CCCC)c9c8C(=O)N(CCCCCCCC)C9=O)cc6[Si]7(CCCCCCCC)CCCCCCCC)c6c5C(=O)N(CCCCCCCC)C6=O)cc3[Si]4(CC(CC)CCCC)CC(CC)CCCC)c2C1=O. The monoisotopic (exact) mass is 2070 g/mol. The molecule has 15 rings (SSSR count). The third-order valence-electron chi connectivity index (χ3n) is 32.6. The van der Waals surface area contributed by atoms with Gasteiger partial charge in [-0.15, -0.1) is 102 Å². The molecule has 0 fully saturated rings. The summed E-state index contributed by atoms with van der Waals surface area (Å²) < 4.78 is 0. The van der Waals surface area contributed by atoms with E-state index in [1.54, 1.807) is 59.1 Å². The number of amides is 6. The zero-order chi connectivity index (χ0) is 96.7. The zero-order valence-corrected chi connectivity index (χ0v) is 96.8. The molecule has 6 aliphatic rings. The molecule has 0 spiro atoms. The standard InChI is InChI=1S/C116H165N3O6S9Si3/c1-15-27-36-42-48-54-63-117-111(120)94-79(14)127-100(95(94)112(117)121)83-73-92-109(128-83)110-93(137(92,76-81(25-11)61-34-22-8)77-82(26-12)62-35-23-9)74-87(132-110)104-99-97(114(123)119(116(99)125)65-56-50-44-38-29-17-3)102(134-104)85-71-90-107(130-85)106-89(135(90,66-57-51-45-39-30-18-4)67-58-52-46-40-31-19-5)70-84(129-106)101-96-98(115(124)118(113(96)122)64-55-49-43-37-28-16-2)103(133-101)86-72-91-108(131-86)105-88(69-78(13)126-105)136(91,68-59-53-47-41-32-20-6)75-80(24-10)60-33-21-7/h69-74,80-82H,15-68,75-77H2,1-14H3. The summed E-state index contributed by atoms with van der Waals surface area (Å²) in [6.45, 7) is 33.8. The molecule has 0 radical (unpaired) electrons. The molecule has 9 aromatic heterocycles. The average molecular weight is 2070 g/mol. The van der Waals surface area contributed by atoms with Gasteiger partial charge in [-0.1, -0.05) is 372 Å². The summed E-state index contributed by atoms with van der Waals surface area (Å²) in [5.74, 6) is 0.981. The van der Waals surface area contributed by atoms with E-state index in [1.807, 2.05) is 68.0 Å². The smallest absolute Gasteiger partial charge is 0.263 e. The summed E-state index contributed by atoms with van der Waals surface area (Å²) in [6.07, 6.45) is 55.8. The van der Waals surface area contributed by atoms with Crippen LogP contribution in [0.1, 0.15) is 463 Å². The van der Waals surface area contributed by atoms with Crippen LogP contribution in [0.2, 0.25) is 36.3 Å². The summed E-state index contributed by atoms with van der Waals surface area (Å²) in [5.41, 5.74) is 3.74. The van der Waals surface area contributed by atoms with E-state index in [2.05, 4.69) is 133 Å². The number of carbonyl (C=O) groups is 6. The fourth-order valence-electron chi connectivity index (χ4n) is 24.7. The lowest BCUT2D eigenvalue weighted by atomic mass is 10.0. The lowest BCUT2D eigenvalue weighted by Crippen LogP contribution is -2.56. The molecule has 6 aliphatic heterocycles. The van der Waals surface area contributed by atoms with Crippen LogP contribution in [0.5, 0.6) is 0 Å². The van der Waals surface area contributed by atoms with Crippen LogP contribution in [0.25, 0.3) is 78.0 Å². The van der Waals surface area contributed by atoms with E-state index in [4.69, 9.17) is 0 Å². The number of carbonyl (C=O) groups excluding carboxylic acids is 6. The molecule has 0 saturated heterocycles. The molecule has 6 amide bonds. The molecule has 4 unspecified atom stereocenters. The number of hydrogen-bond donors (Lipinski definition) is 0. The van der Waals surface area contributed by atoms with Crippen LogP contribution in [-0.4, -0.2) is 94.0 Å². The molecule has 0 bridgehead atoms. The van der Waals surface area contributed by atoms with Crippen LogP contribution in [0.3, 0.4) is 0 Å². The van der Waals surface area contributed by atoms with Gasteiger partial charge >= 0.3 is 0 Å². The molecule has 9 nitrogen and oxygen atoms in total. The number of aryl methyl sites for hydroxylation is 2. The van der Waals surface area contributed by atoms with Gasteiger partial charge in [0.25, 0.3) is 35.4 Å². The minimum Gasteiger partial charge on any atom is -0.274 e. The lowest BCUT2D eigenvalue weighted by molar-refractivity contribution is 0.0636. The molecule has 137 heavy (non-hydrogen) atoms. The highest BCUT2D eigenvalue weighted by atomic mass is 32.1. The molecular formula is C116H165N3O6S9Si3. The Kier molecular flexibility index (Phi) is 38.9. The number of nitrogens with zero attached hydrogens (tertiary/aromatic N) is 3. The quantitative estimate of drug-likeness (QED) is 0.0213. The molecule has 0 aromatic carbocycles. The number of thiophene rings is 9. The summed E-state index contributed by atoms with van der Waals surface area (Å²) in [6, 6.07) is 22.8. The summed E-state index contributed by atoms with van der Waals surface area (Å²) in [7, 11) is -7.78.